The summed E-state index contributed by atoms with van der Waals surface area (Å²) in [7, 11) is 0. The highest BCUT2D eigenvalue weighted by atomic mass is 32.1. The van der Waals surface area contributed by atoms with Crippen LogP contribution < -0.4 is 5.32 Å². The SMILES string of the molecule is C=C/C=C(\O)c1ccc(C)c(-c2ccc(NC(=O)c3ccncc3C)s2)c1.CC. The van der Waals surface area contributed by atoms with Gasteiger partial charge in [0.1, 0.15) is 5.76 Å². The number of anilines is 1. The molecule has 0 saturated heterocycles. The first-order valence-electron chi connectivity index (χ1n) is 9.44. The smallest absolute Gasteiger partial charge is 0.256 e. The lowest BCUT2D eigenvalue weighted by atomic mass is 10.0. The molecule has 2 heterocycles. The number of aryl methyl sites for hydroxylation is 2. The topological polar surface area (TPSA) is 62.2 Å². The number of carbonyl (C=O) groups is 1. The molecule has 0 radical (unpaired) electrons. The molecule has 1 aromatic carbocycles. The summed E-state index contributed by atoms with van der Waals surface area (Å²) < 4.78 is 0. The zero-order chi connectivity index (χ0) is 21.4. The van der Waals surface area contributed by atoms with Crippen molar-refractivity contribution in [1.82, 2.24) is 4.98 Å². The lowest BCUT2D eigenvalue weighted by molar-refractivity contribution is 0.102. The van der Waals surface area contributed by atoms with Gasteiger partial charge < -0.3 is 10.4 Å². The summed E-state index contributed by atoms with van der Waals surface area (Å²) in [5, 5.41) is 13.8. The molecule has 29 heavy (non-hydrogen) atoms. The molecular formula is C24H26N2O2S. The highest BCUT2D eigenvalue weighted by Crippen LogP contribution is 2.35. The van der Waals surface area contributed by atoms with Gasteiger partial charge in [0.25, 0.3) is 5.91 Å². The van der Waals surface area contributed by atoms with Crippen molar-refractivity contribution in [2.45, 2.75) is 27.7 Å². The third kappa shape index (κ3) is 5.42. The molecule has 4 nitrogen and oxygen atoms in total. The van der Waals surface area contributed by atoms with Crippen LogP contribution in [0.5, 0.6) is 0 Å². The number of rotatable bonds is 5. The van der Waals surface area contributed by atoms with Crippen molar-refractivity contribution in [3.8, 4) is 10.4 Å². The van der Waals surface area contributed by atoms with E-state index in [2.05, 4.69) is 16.9 Å². The molecule has 0 saturated carbocycles. The van der Waals surface area contributed by atoms with Crippen LogP contribution in [0.15, 0.2) is 67.5 Å². The Kier molecular flexibility index (Phi) is 7.92. The highest BCUT2D eigenvalue weighted by Gasteiger charge is 2.12. The lowest BCUT2D eigenvalue weighted by Crippen LogP contribution is -2.12. The minimum atomic E-state index is -0.152. The van der Waals surface area contributed by atoms with Crippen molar-refractivity contribution in [2.75, 3.05) is 5.32 Å². The van der Waals surface area contributed by atoms with Crippen molar-refractivity contribution in [2.24, 2.45) is 0 Å². The molecule has 0 fully saturated rings. The Morgan fingerprint density at radius 2 is 1.90 bits per heavy atom. The van der Waals surface area contributed by atoms with Crippen molar-refractivity contribution < 1.29 is 9.90 Å². The number of aliphatic hydroxyl groups excluding tert-OH is 1. The molecule has 0 aliphatic rings. The number of aliphatic hydroxyl groups is 1. The average Bonchev–Trinajstić information content (AvgIpc) is 3.18. The number of benzene rings is 1. The van der Waals surface area contributed by atoms with Gasteiger partial charge in [0.15, 0.2) is 0 Å². The van der Waals surface area contributed by atoms with Gasteiger partial charge in [0, 0.05) is 28.4 Å². The van der Waals surface area contributed by atoms with Crippen molar-refractivity contribution >= 4 is 28.0 Å². The number of hydrogen-bond acceptors (Lipinski definition) is 4. The van der Waals surface area contributed by atoms with E-state index < -0.39 is 0 Å². The van der Waals surface area contributed by atoms with Gasteiger partial charge in [-0.3, -0.25) is 9.78 Å². The Hall–Kier alpha value is -3.18. The Bertz CT molecular complexity index is 1030. The standard InChI is InChI=1S/C22H20N2O2S.C2H6/c1-4-5-19(25)16-7-6-14(2)18(12-16)20-8-9-21(27-20)24-22(26)17-10-11-23-13-15(17)3;1-2/h4-13,25H,1H2,2-3H3,(H,24,26);1-2H3/b19-5-;. The van der Waals surface area contributed by atoms with Crippen LogP contribution in [-0.2, 0) is 0 Å². The highest BCUT2D eigenvalue weighted by molar-refractivity contribution is 7.19. The number of amides is 1. The number of hydrogen-bond donors (Lipinski definition) is 2. The number of nitrogens with zero attached hydrogens (tertiary/aromatic N) is 1. The van der Waals surface area contributed by atoms with Crippen LogP contribution in [0.4, 0.5) is 5.00 Å². The Balaban J connectivity index is 0.00000145. The van der Waals surface area contributed by atoms with Gasteiger partial charge in [0.05, 0.1) is 5.00 Å². The minimum absolute atomic E-state index is 0.152. The van der Waals surface area contributed by atoms with E-state index in [4.69, 9.17) is 0 Å². The van der Waals surface area contributed by atoms with E-state index in [1.807, 2.05) is 58.0 Å². The largest absolute Gasteiger partial charge is 0.507 e. The Labute approximate surface area is 176 Å². The maximum atomic E-state index is 12.5. The van der Waals surface area contributed by atoms with Crippen molar-refractivity contribution in [3.05, 3.63) is 89.8 Å². The van der Waals surface area contributed by atoms with Crippen molar-refractivity contribution in [3.63, 3.8) is 0 Å². The maximum absolute atomic E-state index is 12.5. The third-order valence-corrected chi connectivity index (χ3v) is 5.22. The predicted molar refractivity (Wildman–Crippen MR) is 124 cm³/mol. The molecule has 0 aliphatic carbocycles. The molecule has 3 aromatic rings. The van der Waals surface area contributed by atoms with Crippen LogP contribution >= 0.6 is 11.3 Å². The monoisotopic (exact) mass is 406 g/mol. The molecule has 3 rings (SSSR count). The fraction of sp³-hybridized carbons (Fsp3) is 0.167. The fourth-order valence-electron chi connectivity index (χ4n) is 2.71. The molecule has 150 valence electrons. The summed E-state index contributed by atoms with van der Waals surface area (Å²) >= 11 is 1.49. The van der Waals surface area contributed by atoms with Gasteiger partial charge in [-0.25, -0.2) is 0 Å². The molecule has 1 amide bonds. The van der Waals surface area contributed by atoms with E-state index in [0.29, 0.717) is 5.56 Å². The Morgan fingerprint density at radius 1 is 1.14 bits per heavy atom. The fourth-order valence-corrected chi connectivity index (χ4v) is 3.69. The molecular weight excluding hydrogens is 380 g/mol. The second kappa shape index (κ2) is 10.4. The summed E-state index contributed by atoms with van der Waals surface area (Å²) in [6, 6.07) is 11.4. The van der Waals surface area contributed by atoms with Crippen LogP contribution in [0.25, 0.3) is 16.2 Å². The molecule has 2 N–H and O–H groups in total. The molecule has 0 unspecified atom stereocenters. The second-order valence-corrected chi connectivity index (χ2v) is 7.21. The molecule has 5 heteroatoms. The van der Waals surface area contributed by atoms with E-state index in [-0.39, 0.29) is 11.7 Å². The zero-order valence-electron chi connectivity index (χ0n) is 17.2. The van der Waals surface area contributed by atoms with Crippen LogP contribution in [-0.4, -0.2) is 16.0 Å². The molecule has 2 aromatic heterocycles. The molecule has 0 atom stereocenters. The van der Waals surface area contributed by atoms with Gasteiger partial charge >= 0.3 is 0 Å². The van der Waals surface area contributed by atoms with E-state index >= 15 is 0 Å². The van der Waals surface area contributed by atoms with E-state index in [1.165, 1.54) is 11.3 Å². The summed E-state index contributed by atoms with van der Waals surface area (Å²) in [5.74, 6) is 0.0184. The minimum Gasteiger partial charge on any atom is -0.507 e. The maximum Gasteiger partial charge on any atom is 0.256 e. The number of aromatic nitrogens is 1. The normalized spacial score (nSPS) is 10.7. The van der Waals surface area contributed by atoms with Crippen LogP contribution in [0.2, 0.25) is 0 Å². The van der Waals surface area contributed by atoms with Gasteiger partial charge in [-0.2, -0.15) is 0 Å². The first-order valence-corrected chi connectivity index (χ1v) is 10.3. The molecule has 0 aliphatic heterocycles. The van der Waals surface area contributed by atoms with Gasteiger partial charge in [-0.15, -0.1) is 11.3 Å². The first kappa shape index (κ1) is 22.1. The number of thiophene rings is 1. The lowest BCUT2D eigenvalue weighted by Gasteiger charge is -2.07. The quantitative estimate of drug-likeness (QED) is 0.362. The first-order chi connectivity index (χ1) is 14.0. The summed E-state index contributed by atoms with van der Waals surface area (Å²) in [6.07, 6.45) is 6.40. The van der Waals surface area contributed by atoms with Crippen molar-refractivity contribution in [1.29, 1.82) is 0 Å². The average molecular weight is 407 g/mol. The number of nitrogens with one attached hydrogen (secondary N) is 1. The van der Waals surface area contributed by atoms with Crippen LogP contribution in [0, 0.1) is 13.8 Å². The Morgan fingerprint density at radius 3 is 2.59 bits per heavy atom. The van der Waals surface area contributed by atoms with Gasteiger partial charge in [0.2, 0.25) is 0 Å². The summed E-state index contributed by atoms with van der Waals surface area (Å²) in [6.45, 7) is 11.5. The van der Waals surface area contributed by atoms with Crippen LogP contribution in [0.1, 0.15) is 40.9 Å². The molecule has 0 spiro atoms. The summed E-state index contributed by atoms with van der Waals surface area (Å²) in [4.78, 5) is 17.5. The van der Waals surface area contributed by atoms with Gasteiger partial charge in [-0.1, -0.05) is 38.6 Å². The third-order valence-electron chi connectivity index (χ3n) is 4.18. The number of allylic oxidation sites excluding steroid dienone is 2. The van der Waals surface area contributed by atoms with Crippen LogP contribution in [0.3, 0.4) is 0 Å². The number of pyridine rings is 1. The van der Waals surface area contributed by atoms with E-state index in [9.17, 15) is 9.90 Å². The number of carbonyl (C=O) groups excluding carboxylic acids is 1. The molecule has 0 bridgehead atoms. The predicted octanol–water partition coefficient (Wildman–Crippen LogP) is 6.79. The van der Waals surface area contributed by atoms with E-state index in [1.54, 1.807) is 30.6 Å². The van der Waals surface area contributed by atoms with Gasteiger partial charge in [-0.05, 0) is 60.9 Å². The summed E-state index contributed by atoms with van der Waals surface area (Å²) in [5.41, 5.74) is 4.27. The van der Waals surface area contributed by atoms with E-state index in [0.717, 1.165) is 32.1 Å². The second-order valence-electron chi connectivity index (χ2n) is 6.13. The zero-order valence-corrected chi connectivity index (χ0v) is 18.0.